The second kappa shape index (κ2) is 5.48. The average molecular weight is 258 g/mol. The summed E-state index contributed by atoms with van der Waals surface area (Å²) < 4.78 is 4.92. The van der Waals surface area contributed by atoms with Crippen LogP contribution in [0.5, 0.6) is 0 Å². The predicted octanol–water partition coefficient (Wildman–Crippen LogP) is 2.37. The van der Waals surface area contributed by atoms with Crippen LogP contribution in [-0.2, 0) is 9.53 Å². The van der Waals surface area contributed by atoms with Crippen LogP contribution in [0.3, 0.4) is 0 Å². The molecule has 5 nitrogen and oxygen atoms in total. The fourth-order valence-corrected chi connectivity index (χ4v) is 1.74. The molecule has 1 heterocycles. The number of esters is 1. The van der Waals surface area contributed by atoms with E-state index in [0.29, 0.717) is 17.9 Å². The summed E-state index contributed by atoms with van der Waals surface area (Å²) in [5.41, 5.74) is 1.82. The minimum atomic E-state index is -0.401. The van der Waals surface area contributed by atoms with Gasteiger partial charge in [-0.25, -0.2) is 4.79 Å². The molecule has 0 aliphatic carbocycles. The number of amides is 1. The highest BCUT2D eigenvalue weighted by Crippen LogP contribution is 2.19. The summed E-state index contributed by atoms with van der Waals surface area (Å²) >= 11 is 0. The fourth-order valence-electron chi connectivity index (χ4n) is 1.74. The highest BCUT2D eigenvalue weighted by molar-refractivity contribution is 5.96. The molecule has 1 aromatic carbocycles. The van der Waals surface area contributed by atoms with E-state index >= 15 is 0 Å². The number of benzene rings is 1. The van der Waals surface area contributed by atoms with Gasteiger partial charge in [0.15, 0.2) is 0 Å². The number of ether oxygens (including phenoxy) is 1. The van der Waals surface area contributed by atoms with Crippen LogP contribution in [0.4, 0.5) is 5.69 Å². The van der Waals surface area contributed by atoms with Crippen molar-refractivity contribution in [3.05, 3.63) is 36.0 Å². The zero-order valence-electron chi connectivity index (χ0n) is 10.8. The largest absolute Gasteiger partial charge is 0.462 e. The van der Waals surface area contributed by atoms with E-state index < -0.39 is 5.97 Å². The lowest BCUT2D eigenvalue weighted by Gasteiger charge is -2.05. The van der Waals surface area contributed by atoms with Gasteiger partial charge >= 0.3 is 5.97 Å². The topological polar surface area (TPSA) is 68.3 Å². The van der Waals surface area contributed by atoms with Crippen molar-refractivity contribution in [3.8, 4) is 0 Å². The molecule has 1 amide bonds. The van der Waals surface area contributed by atoms with Crippen molar-refractivity contribution in [2.24, 2.45) is 0 Å². The molecule has 0 spiro atoms. The van der Waals surface area contributed by atoms with E-state index in [1.54, 1.807) is 31.2 Å². The van der Waals surface area contributed by atoms with Crippen LogP contribution in [0.2, 0.25) is 0 Å². The molecule has 98 valence electrons. The summed E-state index contributed by atoms with van der Waals surface area (Å²) in [5, 5.41) is 3.46. The number of nitrogens with one attached hydrogen (secondary N) is 1. The van der Waals surface area contributed by atoms with E-state index in [0.717, 1.165) is 10.9 Å². The highest BCUT2D eigenvalue weighted by Gasteiger charge is 2.08. The molecule has 1 N–H and O–H groups in total. The van der Waals surface area contributed by atoms with E-state index in [-0.39, 0.29) is 5.91 Å². The first-order valence-electron chi connectivity index (χ1n) is 5.94. The summed E-state index contributed by atoms with van der Waals surface area (Å²) in [4.78, 5) is 26.8. The maximum Gasteiger partial charge on any atom is 0.339 e. The Hall–Kier alpha value is -2.43. The molecule has 0 aliphatic rings. The molecular formula is C14H14N2O3. The monoisotopic (exact) mass is 258 g/mol. The van der Waals surface area contributed by atoms with Gasteiger partial charge in [0.25, 0.3) is 0 Å². The van der Waals surface area contributed by atoms with Gasteiger partial charge in [-0.1, -0.05) is 0 Å². The van der Waals surface area contributed by atoms with Crippen LogP contribution in [0, 0.1) is 0 Å². The molecule has 1 aromatic heterocycles. The molecule has 0 saturated carbocycles. The number of pyridine rings is 1. The van der Waals surface area contributed by atoms with Gasteiger partial charge in [0.2, 0.25) is 5.91 Å². The summed E-state index contributed by atoms with van der Waals surface area (Å²) in [6.45, 7) is 3.52. The number of hydrogen-bond donors (Lipinski definition) is 1. The standard InChI is InChI=1S/C14H14N2O3/c1-3-19-14(18)11-6-10-7-12(16-9(2)17)4-5-13(10)15-8-11/h4-8H,3H2,1-2H3,(H,16,17). The Balaban J connectivity index is 2.39. The summed E-state index contributed by atoms with van der Waals surface area (Å²) in [5.74, 6) is -0.546. The van der Waals surface area contributed by atoms with Gasteiger partial charge in [-0.05, 0) is 31.2 Å². The quantitative estimate of drug-likeness (QED) is 0.858. The Bertz CT molecular complexity index is 638. The third-order valence-corrected chi connectivity index (χ3v) is 2.51. The normalized spacial score (nSPS) is 10.2. The first-order chi connectivity index (χ1) is 9.10. The molecule has 2 aromatic rings. The Morgan fingerprint density at radius 2 is 2.11 bits per heavy atom. The van der Waals surface area contributed by atoms with E-state index in [1.807, 2.05) is 0 Å². The van der Waals surface area contributed by atoms with Crippen molar-refractivity contribution >= 4 is 28.5 Å². The lowest BCUT2D eigenvalue weighted by molar-refractivity contribution is -0.114. The van der Waals surface area contributed by atoms with Crippen LogP contribution >= 0.6 is 0 Å². The molecule has 5 heteroatoms. The fraction of sp³-hybridized carbons (Fsp3) is 0.214. The van der Waals surface area contributed by atoms with Gasteiger partial charge in [0.1, 0.15) is 0 Å². The molecule has 0 bridgehead atoms. The Morgan fingerprint density at radius 1 is 1.32 bits per heavy atom. The van der Waals surface area contributed by atoms with Crippen LogP contribution in [0.15, 0.2) is 30.5 Å². The first-order valence-corrected chi connectivity index (χ1v) is 5.94. The van der Waals surface area contributed by atoms with Crippen molar-refractivity contribution in [3.63, 3.8) is 0 Å². The summed E-state index contributed by atoms with van der Waals surface area (Å²) in [6.07, 6.45) is 1.48. The first kappa shape index (κ1) is 13.0. The Kier molecular flexibility index (Phi) is 3.75. The molecule has 19 heavy (non-hydrogen) atoms. The van der Waals surface area contributed by atoms with Gasteiger partial charge < -0.3 is 10.1 Å². The SMILES string of the molecule is CCOC(=O)c1cnc2ccc(NC(C)=O)cc2c1. The van der Waals surface area contributed by atoms with Crippen LogP contribution in [-0.4, -0.2) is 23.5 Å². The average Bonchev–Trinajstić information content (AvgIpc) is 2.37. The summed E-state index contributed by atoms with van der Waals surface area (Å²) in [7, 11) is 0. The second-order valence-corrected chi connectivity index (χ2v) is 4.03. The lowest BCUT2D eigenvalue weighted by Crippen LogP contribution is -2.06. The Labute approximate surface area is 110 Å². The van der Waals surface area contributed by atoms with Gasteiger partial charge in [-0.3, -0.25) is 9.78 Å². The third kappa shape index (κ3) is 3.07. The molecule has 0 radical (unpaired) electrons. The number of hydrogen-bond acceptors (Lipinski definition) is 4. The minimum Gasteiger partial charge on any atom is -0.462 e. The third-order valence-electron chi connectivity index (χ3n) is 2.51. The molecule has 0 unspecified atom stereocenters. The highest BCUT2D eigenvalue weighted by atomic mass is 16.5. The zero-order valence-corrected chi connectivity index (χ0v) is 10.8. The molecule has 0 saturated heterocycles. The molecule has 0 aliphatic heterocycles. The number of carbonyl (C=O) groups is 2. The number of aromatic nitrogens is 1. The van der Waals surface area contributed by atoms with E-state index in [9.17, 15) is 9.59 Å². The van der Waals surface area contributed by atoms with Crippen molar-refractivity contribution in [2.45, 2.75) is 13.8 Å². The molecule has 0 atom stereocenters. The van der Waals surface area contributed by atoms with Crippen LogP contribution in [0.1, 0.15) is 24.2 Å². The van der Waals surface area contributed by atoms with Gasteiger partial charge in [0, 0.05) is 24.2 Å². The second-order valence-electron chi connectivity index (χ2n) is 4.03. The maximum absolute atomic E-state index is 11.6. The number of fused-ring (bicyclic) bond motifs is 1. The predicted molar refractivity (Wildman–Crippen MR) is 72.0 cm³/mol. The van der Waals surface area contributed by atoms with Gasteiger partial charge in [-0.2, -0.15) is 0 Å². The van der Waals surface area contributed by atoms with Crippen molar-refractivity contribution < 1.29 is 14.3 Å². The van der Waals surface area contributed by atoms with Crippen molar-refractivity contribution in [1.82, 2.24) is 4.98 Å². The van der Waals surface area contributed by atoms with Crippen LogP contribution < -0.4 is 5.32 Å². The van der Waals surface area contributed by atoms with E-state index in [1.165, 1.54) is 13.1 Å². The summed E-state index contributed by atoms with van der Waals surface area (Å²) in [6, 6.07) is 7.02. The number of carbonyl (C=O) groups excluding carboxylic acids is 2. The van der Waals surface area contributed by atoms with E-state index in [4.69, 9.17) is 4.74 Å². The molecule has 0 fully saturated rings. The smallest absolute Gasteiger partial charge is 0.339 e. The van der Waals surface area contributed by atoms with Crippen molar-refractivity contribution in [1.29, 1.82) is 0 Å². The Morgan fingerprint density at radius 3 is 2.79 bits per heavy atom. The van der Waals surface area contributed by atoms with Crippen LogP contribution in [0.25, 0.3) is 10.9 Å². The zero-order chi connectivity index (χ0) is 13.8. The number of nitrogens with zero attached hydrogens (tertiary/aromatic N) is 1. The van der Waals surface area contributed by atoms with Gasteiger partial charge in [0.05, 0.1) is 17.7 Å². The molecular weight excluding hydrogens is 244 g/mol. The van der Waals surface area contributed by atoms with Gasteiger partial charge in [-0.15, -0.1) is 0 Å². The number of anilines is 1. The lowest BCUT2D eigenvalue weighted by atomic mass is 10.1. The van der Waals surface area contributed by atoms with Crippen molar-refractivity contribution in [2.75, 3.05) is 11.9 Å². The maximum atomic E-state index is 11.6. The van der Waals surface area contributed by atoms with E-state index in [2.05, 4.69) is 10.3 Å². The minimum absolute atomic E-state index is 0.145. The molecule has 2 rings (SSSR count). The number of rotatable bonds is 3.